The quantitative estimate of drug-likeness (QED) is 0.853. The summed E-state index contributed by atoms with van der Waals surface area (Å²) >= 11 is 0. The number of carboxylic acid groups (broad SMARTS) is 1. The molecule has 0 saturated heterocycles. The molecule has 3 nitrogen and oxygen atoms in total. The molecule has 1 heterocycles. The number of hydrogen-bond donors (Lipinski definition) is 1. The van der Waals surface area contributed by atoms with Gasteiger partial charge in [0.05, 0.1) is 0 Å². The molecule has 0 aliphatic carbocycles. The number of aromatic nitrogens is 1. The lowest BCUT2D eigenvalue weighted by Gasteiger charge is -2.19. The Bertz CT molecular complexity index is 391. The van der Waals surface area contributed by atoms with E-state index in [2.05, 4.69) is 25.8 Å². The number of aryl methyl sites for hydroxylation is 2. The van der Waals surface area contributed by atoms with Gasteiger partial charge in [0.25, 0.3) is 0 Å². The highest BCUT2D eigenvalue weighted by Gasteiger charge is 2.16. The third kappa shape index (κ3) is 3.33. The molecule has 0 bridgehead atoms. The zero-order valence-corrected chi connectivity index (χ0v) is 10.4. The Morgan fingerprint density at radius 2 is 2.00 bits per heavy atom. The second kappa shape index (κ2) is 4.64. The standard InChI is InChI=1S/C13H19NO2/c1-9-10(6-8-12(15)16)5-7-11(14-9)13(2,3)4/h5,7H,6,8H2,1-4H3,(H,15,16). The van der Waals surface area contributed by atoms with Gasteiger partial charge in [-0.05, 0) is 25.0 Å². The van der Waals surface area contributed by atoms with E-state index in [4.69, 9.17) is 5.11 Å². The van der Waals surface area contributed by atoms with Crippen LogP contribution in [0.4, 0.5) is 0 Å². The second-order valence-corrected chi connectivity index (χ2v) is 5.08. The summed E-state index contributed by atoms with van der Waals surface area (Å²) in [5.74, 6) is -0.765. The van der Waals surface area contributed by atoms with Crippen molar-refractivity contribution in [3.05, 3.63) is 29.1 Å². The Morgan fingerprint density at radius 1 is 1.38 bits per heavy atom. The van der Waals surface area contributed by atoms with Crippen molar-refractivity contribution in [2.24, 2.45) is 0 Å². The predicted molar refractivity (Wildman–Crippen MR) is 63.6 cm³/mol. The van der Waals surface area contributed by atoms with Gasteiger partial charge in [0.2, 0.25) is 0 Å². The van der Waals surface area contributed by atoms with Crippen LogP contribution in [-0.2, 0) is 16.6 Å². The number of carboxylic acids is 1. The molecule has 0 radical (unpaired) electrons. The summed E-state index contributed by atoms with van der Waals surface area (Å²) in [6, 6.07) is 3.98. The summed E-state index contributed by atoms with van der Waals surface area (Å²) in [5.41, 5.74) is 3.05. The van der Waals surface area contributed by atoms with Gasteiger partial charge in [-0.3, -0.25) is 9.78 Å². The molecule has 16 heavy (non-hydrogen) atoms. The molecule has 1 aromatic heterocycles. The number of rotatable bonds is 3. The molecular weight excluding hydrogens is 202 g/mol. The topological polar surface area (TPSA) is 50.2 Å². The Hall–Kier alpha value is -1.38. The molecule has 0 aliphatic heterocycles. The maximum absolute atomic E-state index is 10.5. The molecule has 0 spiro atoms. The summed E-state index contributed by atoms with van der Waals surface area (Å²) in [5, 5.41) is 8.63. The van der Waals surface area contributed by atoms with Gasteiger partial charge in [-0.1, -0.05) is 26.8 Å². The normalized spacial score (nSPS) is 11.5. The minimum Gasteiger partial charge on any atom is -0.481 e. The fourth-order valence-electron chi connectivity index (χ4n) is 1.51. The Kier molecular flexibility index (Phi) is 3.68. The smallest absolute Gasteiger partial charge is 0.303 e. The Balaban J connectivity index is 2.88. The molecule has 0 atom stereocenters. The third-order valence-electron chi connectivity index (χ3n) is 2.57. The van der Waals surface area contributed by atoms with Crippen molar-refractivity contribution in [1.29, 1.82) is 0 Å². The summed E-state index contributed by atoms with van der Waals surface area (Å²) in [7, 11) is 0. The molecule has 0 saturated carbocycles. The van der Waals surface area contributed by atoms with E-state index in [1.165, 1.54) is 0 Å². The lowest BCUT2D eigenvalue weighted by atomic mass is 9.91. The van der Waals surface area contributed by atoms with Crippen LogP contribution in [0.25, 0.3) is 0 Å². The van der Waals surface area contributed by atoms with Gasteiger partial charge in [0.1, 0.15) is 0 Å². The van der Waals surface area contributed by atoms with Gasteiger partial charge in [-0.15, -0.1) is 0 Å². The van der Waals surface area contributed by atoms with E-state index in [0.717, 1.165) is 17.0 Å². The van der Waals surface area contributed by atoms with E-state index in [1.54, 1.807) is 0 Å². The monoisotopic (exact) mass is 221 g/mol. The van der Waals surface area contributed by atoms with Crippen LogP contribution in [0, 0.1) is 6.92 Å². The van der Waals surface area contributed by atoms with Gasteiger partial charge in [0.15, 0.2) is 0 Å². The maximum atomic E-state index is 10.5. The van der Waals surface area contributed by atoms with E-state index < -0.39 is 5.97 Å². The molecular formula is C13H19NO2. The predicted octanol–water partition coefficient (Wildman–Crippen LogP) is 2.70. The minimum absolute atomic E-state index is 0.0378. The van der Waals surface area contributed by atoms with Crippen molar-refractivity contribution in [2.45, 2.75) is 46.0 Å². The zero-order valence-electron chi connectivity index (χ0n) is 10.4. The Labute approximate surface area is 96.5 Å². The van der Waals surface area contributed by atoms with Crippen LogP contribution in [0.5, 0.6) is 0 Å². The van der Waals surface area contributed by atoms with Crippen molar-refractivity contribution in [3.8, 4) is 0 Å². The first-order valence-corrected chi connectivity index (χ1v) is 5.49. The lowest BCUT2D eigenvalue weighted by molar-refractivity contribution is -0.136. The first-order chi connectivity index (χ1) is 7.30. The Morgan fingerprint density at radius 3 is 2.44 bits per heavy atom. The lowest BCUT2D eigenvalue weighted by Crippen LogP contribution is -2.14. The molecule has 1 aromatic rings. The summed E-state index contributed by atoms with van der Waals surface area (Å²) in [6.45, 7) is 8.29. The van der Waals surface area contributed by atoms with Crippen molar-refractivity contribution in [2.75, 3.05) is 0 Å². The van der Waals surface area contributed by atoms with E-state index in [1.807, 2.05) is 19.1 Å². The van der Waals surface area contributed by atoms with Crippen LogP contribution in [0.2, 0.25) is 0 Å². The van der Waals surface area contributed by atoms with Gasteiger partial charge >= 0.3 is 5.97 Å². The zero-order chi connectivity index (χ0) is 12.3. The molecule has 88 valence electrons. The summed E-state index contributed by atoms with van der Waals surface area (Å²) < 4.78 is 0. The van der Waals surface area contributed by atoms with E-state index in [0.29, 0.717) is 6.42 Å². The minimum atomic E-state index is -0.765. The average Bonchev–Trinajstić information content (AvgIpc) is 2.14. The fourth-order valence-corrected chi connectivity index (χ4v) is 1.51. The van der Waals surface area contributed by atoms with E-state index in [9.17, 15) is 4.79 Å². The maximum Gasteiger partial charge on any atom is 0.303 e. The second-order valence-electron chi connectivity index (χ2n) is 5.08. The van der Waals surface area contributed by atoms with Gasteiger partial charge in [-0.2, -0.15) is 0 Å². The molecule has 0 aliphatic rings. The van der Waals surface area contributed by atoms with Crippen molar-refractivity contribution >= 4 is 5.97 Å². The highest BCUT2D eigenvalue weighted by Crippen LogP contribution is 2.21. The van der Waals surface area contributed by atoms with Crippen LogP contribution >= 0.6 is 0 Å². The van der Waals surface area contributed by atoms with Crippen LogP contribution in [0.15, 0.2) is 12.1 Å². The largest absolute Gasteiger partial charge is 0.481 e. The molecule has 0 unspecified atom stereocenters. The van der Waals surface area contributed by atoms with Crippen LogP contribution in [0.1, 0.15) is 44.1 Å². The molecule has 0 amide bonds. The van der Waals surface area contributed by atoms with E-state index in [-0.39, 0.29) is 11.8 Å². The molecule has 0 fully saturated rings. The first-order valence-electron chi connectivity index (χ1n) is 5.49. The van der Waals surface area contributed by atoms with Gasteiger partial charge in [-0.25, -0.2) is 0 Å². The number of carbonyl (C=O) groups is 1. The van der Waals surface area contributed by atoms with Gasteiger partial charge < -0.3 is 5.11 Å². The number of hydrogen-bond acceptors (Lipinski definition) is 2. The fraction of sp³-hybridized carbons (Fsp3) is 0.538. The van der Waals surface area contributed by atoms with Crippen molar-refractivity contribution < 1.29 is 9.90 Å². The molecule has 0 aromatic carbocycles. The van der Waals surface area contributed by atoms with Crippen LogP contribution in [-0.4, -0.2) is 16.1 Å². The van der Waals surface area contributed by atoms with E-state index >= 15 is 0 Å². The van der Waals surface area contributed by atoms with Crippen molar-refractivity contribution in [1.82, 2.24) is 4.98 Å². The number of pyridine rings is 1. The molecule has 3 heteroatoms. The third-order valence-corrected chi connectivity index (χ3v) is 2.57. The first kappa shape index (κ1) is 12.7. The summed E-state index contributed by atoms with van der Waals surface area (Å²) in [4.78, 5) is 15.0. The SMILES string of the molecule is Cc1nc(C(C)(C)C)ccc1CCC(=O)O. The summed E-state index contributed by atoms with van der Waals surface area (Å²) in [6.07, 6.45) is 0.718. The average molecular weight is 221 g/mol. The van der Waals surface area contributed by atoms with Crippen LogP contribution in [0.3, 0.4) is 0 Å². The molecule has 1 N–H and O–H groups in total. The number of nitrogens with zero attached hydrogens (tertiary/aromatic N) is 1. The van der Waals surface area contributed by atoms with Gasteiger partial charge in [0, 0.05) is 23.2 Å². The highest BCUT2D eigenvalue weighted by atomic mass is 16.4. The van der Waals surface area contributed by atoms with Crippen LogP contribution < -0.4 is 0 Å². The van der Waals surface area contributed by atoms with Crippen molar-refractivity contribution in [3.63, 3.8) is 0 Å². The number of aliphatic carboxylic acids is 1. The molecule has 1 rings (SSSR count). The highest BCUT2D eigenvalue weighted by molar-refractivity contribution is 5.67.